The molecule has 148 valence electrons. The first-order valence-electron chi connectivity index (χ1n) is 8.49. The molecular weight excluding hydrogens is 365 g/mol. The van der Waals surface area contributed by atoms with Crippen molar-refractivity contribution in [3.63, 3.8) is 0 Å². The summed E-state index contributed by atoms with van der Waals surface area (Å²) in [5.74, 6) is -1.50. The van der Waals surface area contributed by atoms with Crippen LogP contribution in [0.5, 0.6) is 0 Å². The number of methoxy groups -OCH3 is 1. The van der Waals surface area contributed by atoms with Crippen molar-refractivity contribution in [1.82, 2.24) is 10.2 Å². The monoisotopic (exact) mass is 386 g/mol. The highest BCUT2D eigenvalue weighted by atomic mass is 19.4. The van der Waals surface area contributed by atoms with Gasteiger partial charge in [0.2, 0.25) is 11.8 Å². The zero-order valence-electron chi connectivity index (χ0n) is 14.8. The number of nitrogens with one attached hydrogen (secondary N) is 1. The molecule has 0 aliphatic carbocycles. The third-order valence-electron chi connectivity index (χ3n) is 4.30. The van der Waals surface area contributed by atoms with Gasteiger partial charge in [0.1, 0.15) is 0 Å². The number of hydrogen-bond donors (Lipinski definition) is 1. The molecule has 0 bridgehead atoms. The van der Waals surface area contributed by atoms with Crippen molar-refractivity contribution in [2.75, 3.05) is 20.2 Å². The van der Waals surface area contributed by atoms with E-state index in [1.54, 1.807) is 0 Å². The topological polar surface area (TPSA) is 75.7 Å². The number of rotatable bonds is 7. The number of amides is 2. The Hall–Kier alpha value is -2.58. The van der Waals surface area contributed by atoms with Crippen molar-refractivity contribution < 1.29 is 32.3 Å². The van der Waals surface area contributed by atoms with E-state index in [-0.39, 0.29) is 50.3 Å². The molecule has 0 spiro atoms. The van der Waals surface area contributed by atoms with Crippen LogP contribution in [0.4, 0.5) is 13.2 Å². The van der Waals surface area contributed by atoms with Gasteiger partial charge in [0.15, 0.2) is 0 Å². The summed E-state index contributed by atoms with van der Waals surface area (Å²) in [6.07, 6.45) is -3.82. The molecule has 1 fully saturated rings. The Kier molecular flexibility index (Phi) is 6.81. The first-order chi connectivity index (χ1) is 12.7. The van der Waals surface area contributed by atoms with E-state index in [9.17, 15) is 27.6 Å². The highest BCUT2D eigenvalue weighted by molar-refractivity contribution is 5.89. The Morgan fingerprint density at radius 3 is 2.74 bits per heavy atom. The van der Waals surface area contributed by atoms with Crippen LogP contribution in [0.25, 0.3) is 0 Å². The van der Waals surface area contributed by atoms with Gasteiger partial charge in [0.25, 0.3) is 0 Å². The summed E-state index contributed by atoms with van der Waals surface area (Å²) >= 11 is 0. The minimum Gasteiger partial charge on any atom is -0.469 e. The molecule has 0 unspecified atom stereocenters. The first-order valence-corrected chi connectivity index (χ1v) is 8.49. The van der Waals surface area contributed by atoms with E-state index in [4.69, 9.17) is 0 Å². The zero-order chi connectivity index (χ0) is 20.0. The molecule has 27 heavy (non-hydrogen) atoms. The zero-order valence-corrected chi connectivity index (χ0v) is 14.8. The average Bonchev–Trinajstić information content (AvgIpc) is 2.98. The van der Waals surface area contributed by atoms with Gasteiger partial charge >= 0.3 is 12.1 Å². The smallest absolute Gasteiger partial charge is 0.416 e. The molecular formula is C18H21F3N2O4. The largest absolute Gasteiger partial charge is 0.469 e. The van der Waals surface area contributed by atoms with Crippen molar-refractivity contribution in [3.8, 4) is 0 Å². The summed E-state index contributed by atoms with van der Waals surface area (Å²) in [4.78, 5) is 36.6. The SMILES string of the molecule is COC(=O)CCCNC(=O)[C@H]1CC(=O)N(Cc2cccc(C(F)(F)F)c2)C1. The normalized spacial score (nSPS) is 17.1. The first kappa shape index (κ1) is 20.7. The van der Waals surface area contributed by atoms with Gasteiger partial charge in [-0.25, -0.2) is 0 Å². The van der Waals surface area contributed by atoms with Crippen LogP contribution in [0.3, 0.4) is 0 Å². The summed E-state index contributed by atoms with van der Waals surface area (Å²) in [5.41, 5.74) is -0.413. The molecule has 1 N–H and O–H groups in total. The van der Waals surface area contributed by atoms with Crippen molar-refractivity contribution >= 4 is 17.8 Å². The van der Waals surface area contributed by atoms with Crippen molar-refractivity contribution in [2.24, 2.45) is 5.92 Å². The lowest BCUT2D eigenvalue weighted by Crippen LogP contribution is -2.33. The van der Waals surface area contributed by atoms with Crippen LogP contribution in [0.15, 0.2) is 24.3 Å². The number of likely N-dealkylation sites (tertiary alicyclic amines) is 1. The fourth-order valence-corrected chi connectivity index (χ4v) is 2.86. The van der Waals surface area contributed by atoms with E-state index in [0.29, 0.717) is 12.0 Å². The summed E-state index contributed by atoms with van der Waals surface area (Å²) in [5, 5.41) is 2.66. The van der Waals surface area contributed by atoms with Crippen molar-refractivity contribution in [3.05, 3.63) is 35.4 Å². The predicted molar refractivity (Wildman–Crippen MR) is 89.2 cm³/mol. The molecule has 0 saturated carbocycles. The van der Waals surface area contributed by atoms with Gasteiger partial charge in [-0.1, -0.05) is 12.1 Å². The van der Waals surface area contributed by atoms with Gasteiger partial charge in [-0.15, -0.1) is 0 Å². The number of benzene rings is 1. The highest BCUT2D eigenvalue weighted by Gasteiger charge is 2.35. The predicted octanol–water partition coefficient (Wildman–Crippen LogP) is 2.12. The minimum absolute atomic E-state index is 0.0157. The van der Waals surface area contributed by atoms with E-state index in [0.717, 1.165) is 12.1 Å². The number of halogens is 3. The van der Waals surface area contributed by atoms with Gasteiger partial charge in [-0.3, -0.25) is 14.4 Å². The number of carbonyl (C=O) groups is 3. The van der Waals surface area contributed by atoms with Crippen LogP contribution in [0, 0.1) is 5.92 Å². The van der Waals surface area contributed by atoms with Crippen LogP contribution < -0.4 is 5.32 Å². The molecule has 9 heteroatoms. The van der Waals surface area contributed by atoms with Gasteiger partial charge < -0.3 is 15.0 Å². The number of alkyl halides is 3. The van der Waals surface area contributed by atoms with Gasteiger partial charge in [0, 0.05) is 32.5 Å². The van der Waals surface area contributed by atoms with Crippen LogP contribution in [-0.4, -0.2) is 42.9 Å². The van der Waals surface area contributed by atoms with Crippen LogP contribution in [0.2, 0.25) is 0 Å². The molecule has 2 amide bonds. The molecule has 2 rings (SSSR count). The lowest BCUT2D eigenvalue weighted by atomic mass is 10.1. The summed E-state index contributed by atoms with van der Waals surface area (Å²) in [6.45, 7) is 0.457. The number of ether oxygens (including phenoxy) is 1. The highest BCUT2D eigenvalue weighted by Crippen LogP contribution is 2.30. The second kappa shape index (κ2) is 8.88. The average molecular weight is 386 g/mol. The Morgan fingerprint density at radius 2 is 2.07 bits per heavy atom. The Labute approximate surface area is 154 Å². The molecule has 1 aromatic rings. The van der Waals surface area contributed by atoms with E-state index in [1.165, 1.54) is 24.1 Å². The second-order valence-electron chi connectivity index (χ2n) is 6.34. The van der Waals surface area contributed by atoms with Crippen LogP contribution in [0.1, 0.15) is 30.4 Å². The Balaban J connectivity index is 1.86. The van der Waals surface area contributed by atoms with E-state index in [2.05, 4.69) is 10.1 Å². The Morgan fingerprint density at radius 1 is 1.33 bits per heavy atom. The maximum atomic E-state index is 12.8. The molecule has 1 saturated heterocycles. The molecule has 1 heterocycles. The third-order valence-corrected chi connectivity index (χ3v) is 4.30. The molecule has 1 atom stereocenters. The molecule has 0 radical (unpaired) electrons. The maximum Gasteiger partial charge on any atom is 0.416 e. The second-order valence-corrected chi connectivity index (χ2v) is 6.34. The van der Waals surface area contributed by atoms with Gasteiger partial charge in [0.05, 0.1) is 18.6 Å². The lowest BCUT2D eigenvalue weighted by Gasteiger charge is -2.17. The molecule has 1 aromatic carbocycles. The standard InChI is InChI=1S/C18H21F3N2O4/c1-27-16(25)6-3-7-22-17(26)13-9-15(24)23(11-13)10-12-4-2-5-14(8-12)18(19,20)21/h2,4-5,8,13H,3,6-7,9-11H2,1H3,(H,22,26)/t13-/m0/s1. The molecule has 6 nitrogen and oxygen atoms in total. The van der Waals surface area contributed by atoms with E-state index in [1.807, 2.05) is 0 Å². The summed E-state index contributed by atoms with van der Waals surface area (Å²) in [6, 6.07) is 4.79. The fraction of sp³-hybridized carbons (Fsp3) is 0.500. The number of hydrogen-bond acceptors (Lipinski definition) is 4. The van der Waals surface area contributed by atoms with Crippen LogP contribution in [-0.2, 0) is 31.8 Å². The Bertz CT molecular complexity index is 706. The van der Waals surface area contributed by atoms with E-state index < -0.39 is 17.7 Å². The van der Waals surface area contributed by atoms with Gasteiger partial charge in [-0.05, 0) is 24.1 Å². The molecule has 0 aromatic heterocycles. The number of carbonyl (C=O) groups excluding carboxylic acids is 3. The third kappa shape index (κ3) is 5.97. The molecule has 1 aliphatic rings. The quantitative estimate of drug-likeness (QED) is 0.575. The maximum absolute atomic E-state index is 12.8. The minimum atomic E-state index is -4.45. The lowest BCUT2D eigenvalue weighted by molar-refractivity contribution is -0.141. The number of nitrogens with zero attached hydrogens (tertiary/aromatic N) is 1. The summed E-state index contributed by atoms with van der Waals surface area (Å²) < 4.78 is 42.8. The van der Waals surface area contributed by atoms with E-state index >= 15 is 0 Å². The van der Waals surface area contributed by atoms with Gasteiger partial charge in [-0.2, -0.15) is 13.2 Å². The fourth-order valence-electron chi connectivity index (χ4n) is 2.86. The summed E-state index contributed by atoms with van der Waals surface area (Å²) in [7, 11) is 1.28. The van der Waals surface area contributed by atoms with Crippen LogP contribution >= 0.6 is 0 Å². The number of esters is 1. The van der Waals surface area contributed by atoms with Crippen molar-refractivity contribution in [2.45, 2.75) is 32.0 Å². The molecule has 1 aliphatic heterocycles. The van der Waals surface area contributed by atoms with Crippen molar-refractivity contribution in [1.29, 1.82) is 0 Å².